The van der Waals surface area contributed by atoms with Crippen LogP contribution >= 0.6 is 0 Å². The van der Waals surface area contributed by atoms with Crippen molar-refractivity contribution in [1.29, 1.82) is 0 Å². The van der Waals surface area contributed by atoms with E-state index < -0.39 is 12.0 Å². The van der Waals surface area contributed by atoms with Gasteiger partial charge in [-0.05, 0) is 42.7 Å². The minimum absolute atomic E-state index is 0.00453. The Morgan fingerprint density at radius 3 is 2.73 bits per heavy atom. The summed E-state index contributed by atoms with van der Waals surface area (Å²) in [5.74, 6) is -0.0352. The van der Waals surface area contributed by atoms with Crippen LogP contribution in [-0.4, -0.2) is 28.4 Å². The zero-order valence-corrected chi connectivity index (χ0v) is 18.8. The second-order valence-corrected chi connectivity index (χ2v) is 9.04. The number of aliphatic hydroxyl groups excluding tert-OH is 1. The van der Waals surface area contributed by atoms with Gasteiger partial charge >= 0.3 is 0 Å². The molecule has 168 valence electrons. The molecule has 0 fully saturated rings. The van der Waals surface area contributed by atoms with Crippen LogP contribution in [0.5, 0.6) is 0 Å². The van der Waals surface area contributed by atoms with Crippen LogP contribution in [0.1, 0.15) is 42.6 Å². The lowest BCUT2D eigenvalue weighted by Crippen LogP contribution is -2.40. The first-order valence-electron chi connectivity index (χ1n) is 11.6. The van der Waals surface area contributed by atoms with E-state index >= 15 is 0 Å². The molecule has 1 aromatic heterocycles. The number of carbonyl (C=O) groups excluding carboxylic acids is 1. The number of para-hydroxylation sites is 2. The van der Waals surface area contributed by atoms with E-state index in [4.69, 9.17) is 4.74 Å². The molecule has 0 radical (unpaired) electrons. The van der Waals surface area contributed by atoms with Gasteiger partial charge in [-0.25, -0.2) is 0 Å². The van der Waals surface area contributed by atoms with Crippen molar-refractivity contribution in [3.05, 3.63) is 65.7 Å². The van der Waals surface area contributed by atoms with E-state index in [0.717, 1.165) is 56.2 Å². The molecular formula is C27H27N3O3. The van der Waals surface area contributed by atoms with E-state index in [9.17, 15) is 9.90 Å². The zero-order valence-electron chi connectivity index (χ0n) is 18.8. The van der Waals surface area contributed by atoms with Crippen molar-refractivity contribution in [1.82, 2.24) is 9.88 Å². The Bertz CT molecular complexity index is 1420. The molecule has 2 atom stereocenters. The Balaban J connectivity index is 1.82. The molecule has 0 spiro atoms. The highest BCUT2D eigenvalue weighted by Crippen LogP contribution is 2.45. The fraction of sp³-hybridized carbons (Fsp3) is 0.296. The number of hydrogen-bond acceptors (Lipinski definition) is 4. The number of amides is 1. The van der Waals surface area contributed by atoms with Crippen molar-refractivity contribution < 1.29 is 14.6 Å². The Morgan fingerprint density at radius 2 is 1.91 bits per heavy atom. The first-order chi connectivity index (χ1) is 16.1. The first-order valence-corrected chi connectivity index (χ1v) is 11.6. The lowest BCUT2D eigenvalue weighted by atomic mass is 9.92. The predicted molar refractivity (Wildman–Crippen MR) is 130 cm³/mol. The summed E-state index contributed by atoms with van der Waals surface area (Å²) in [6.45, 7) is 4.74. The summed E-state index contributed by atoms with van der Waals surface area (Å²) in [6, 6.07) is 18.5. The fourth-order valence-electron chi connectivity index (χ4n) is 5.52. The van der Waals surface area contributed by atoms with Crippen molar-refractivity contribution in [2.45, 2.75) is 45.2 Å². The molecular weight excluding hydrogens is 414 g/mol. The molecule has 6 nitrogen and oxygen atoms in total. The van der Waals surface area contributed by atoms with Gasteiger partial charge in [0.05, 0.1) is 16.6 Å². The van der Waals surface area contributed by atoms with Crippen molar-refractivity contribution in [3.8, 4) is 11.1 Å². The van der Waals surface area contributed by atoms with E-state index in [0.29, 0.717) is 13.0 Å². The number of nitrogens with one attached hydrogen (secondary N) is 2. The second kappa shape index (κ2) is 7.33. The van der Waals surface area contributed by atoms with Crippen molar-refractivity contribution in [2.75, 3.05) is 11.9 Å². The highest BCUT2D eigenvalue weighted by Gasteiger charge is 2.36. The largest absolute Gasteiger partial charge is 0.396 e. The summed E-state index contributed by atoms with van der Waals surface area (Å²) in [6.07, 6.45) is 0.775. The van der Waals surface area contributed by atoms with E-state index in [-0.39, 0.29) is 12.5 Å². The maximum Gasteiger partial charge on any atom is 0.252 e. The third-order valence-corrected chi connectivity index (χ3v) is 7.17. The van der Waals surface area contributed by atoms with Gasteiger partial charge in [0, 0.05) is 41.6 Å². The van der Waals surface area contributed by atoms with Crippen LogP contribution in [0.3, 0.4) is 0 Å². The molecule has 3 heterocycles. The van der Waals surface area contributed by atoms with Gasteiger partial charge in [-0.3, -0.25) is 4.79 Å². The van der Waals surface area contributed by atoms with Gasteiger partial charge in [0.2, 0.25) is 0 Å². The smallest absolute Gasteiger partial charge is 0.252 e. The number of carbonyl (C=O) groups is 1. The van der Waals surface area contributed by atoms with Crippen LogP contribution in [0.15, 0.2) is 54.6 Å². The van der Waals surface area contributed by atoms with Gasteiger partial charge in [-0.15, -0.1) is 0 Å². The molecule has 0 saturated carbocycles. The molecule has 1 amide bonds. The number of fused-ring (bicyclic) bond motifs is 9. The topological polar surface area (TPSA) is 75.5 Å². The molecule has 0 aliphatic carbocycles. The standard InChI is InChI=1S/C27H27N3O3/c1-3-27(2)30-21-11-7-5-9-17(21)24-19-15-28-26(32)25(19)18(14-22(24)30)16-8-4-6-10-20(16)29-23(33-27)12-13-31/h4-11,14,23,29,31H,3,12-13,15H2,1-2H3,(H,28,32). The molecule has 33 heavy (non-hydrogen) atoms. The van der Waals surface area contributed by atoms with Crippen LogP contribution < -0.4 is 10.6 Å². The first kappa shape index (κ1) is 20.3. The average molecular weight is 442 g/mol. The summed E-state index contributed by atoms with van der Waals surface area (Å²) in [5, 5.41) is 18.6. The number of hydrogen-bond donors (Lipinski definition) is 3. The summed E-state index contributed by atoms with van der Waals surface area (Å²) < 4.78 is 9.05. The average Bonchev–Trinajstić information content (AvgIpc) is 3.37. The van der Waals surface area contributed by atoms with Gasteiger partial charge in [-0.1, -0.05) is 43.3 Å². The van der Waals surface area contributed by atoms with Crippen molar-refractivity contribution in [2.24, 2.45) is 0 Å². The molecule has 2 aliphatic heterocycles. The maximum absolute atomic E-state index is 13.1. The van der Waals surface area contributed by atoms with Crippen LogP contribution in [-0.2, 0) is 17.0 Å². The SMILES string of the molecule is CCC1(C)OC(CCO)Nc2ccccc2-c2cc3c(c4c2C(=O)NC4)c2ccccc2n31. The molecule has 2 bridgehead atoms. The zero-order chi connectivity index (χ0) is 22.7. The number of anilines is 1. The monoisotopic (exact) mass is 441 g/mol. The molecule has 2 aliphatic rings. The van der Waals surface area contributed by atoms with Crippen LogP contribution in [0.25, 0.3) is 32.9 Å². The summed E-state index contributed by atoms with van der Waals surface area (Å²) in [7, 11) is 0. The summed E-state index contributed by atoms with van der Waals surface area (Å²) in [5.41, 5.74) is 6.03. The number of nitrogens with zero attached hydrogens (tertiary/aromatic N) is 1. The third-order valence-electron chi connectivity index (χ3n) is 7.17. The van der Waals surface area contributed by atoms with Gasteiger partial charge in [0.15, 0.2) is 0 Å². The van der Waals surface area contributed by atoms with Gasteiger partial charge in [-0.2, -0.15) is 0 Å². The molecule has 4 aromatic rings. The second-order valence-electron chi connectivity index (χ2n) is 9.04. The Kier molecular flexibility index (Phi) is 4.50. The quantitative estimate of drug-likeness (QED) is 0.421. The summed E-state index contributed by atoms with van der Waals surface area (Å²) >= 11 is 0. The normalized spacial score (nSPS) is 21.7. The third kappa shape index (κ3) is 2.84. The number of ether oxygens (including phenoxy) is 1. The van der Waals surface area contributed by atoms with Gasteiger partial charge in [0.25, 0.3) is 5.91 Å². The van der Waals surface area contributed by atoms with Gasteiger partial charge < -0.3 is 25.0 Å². The van der Waals surface area contributed by atoms with Crippen molar-refractivity contribution >= 4 is 33.4 Å². The maximum atomic E-state index is 13.1. The van der Waals surface area contributed by atoms with Crippen LogP contribution in [0, 0.1) is 0 Å². The number of aromatic nitrogens is 1. The number of aliphatic hydroxyl groups is 1. The molecule has 0 saturated heterocycles. The molecule has 6 heteroatoms. The van der Waals surface area contributed by atoms with Crippen LogP contribution in [0.4, 0.5) is 5.69 Å². The highest BCUT2D eigenvalue weighted by atomic mass is 16.5. The number of rotatable bonds is 3. The van der Waals surface area contributed by atoms with Gasteiger partial charge in [0.1, 0.15) is 12.0 Å². The van der Waals surface area contributed by atoms with E-state index in [1.807, 2.05) is 36.4 Å². The van der Waals surface area contributed by atoms with E-state index in [1.54, 1.807) is 0 Å². The Labute approximate surface area is 192 Å². The number of benzene rings is 3. The van der Waals surface area contributed by atoms with Crippen molar-refractivity contribution in [3.63, 3.8) is 0 Å². The fourth-order valence-corrected chi connectivity index (χ4v) is 5.52. The molecule has 2 unspecified atom stereocenters. The molecule has 3 N–H and O–H groups in total. The minimum atomic E-state index is -0.665. The highest BCUT2D eigenvalue weighted by molar-refractivity contribution is 6.18. The summed E-state index contributed by atoms with van der Waals surface area (Å²) in [4.78, 5) is 13.1. The minimum Gasteiger partial charge on any atom is -0.396 e. The van der Waals surface area contributed by atoms with E-state index in [2.05, 4.69) is 47.2 Å². The lowest BCUT2D eigenvalue weighted by Gasteiger charge is -2.37. The Hall–Kier alpha value is -3.35. The van der Waals surface area contributed by atoms with Crippen LogP contribution in [0.2, 0.25) is 0 Å². The molecule has 6 rings (SSSR count). The Morgan fingerprint density at radius 1 is 1.12 bits per heavy atom. The lowest BCUT2D eigenvalue weighted by molar-refractivity contribution is -0.128. The predicted octanol–water partition coefficient (Wildman–Crippen LogP) is 4.94. The molecule has 3 aromatic carbocycles. The van der Waals surface area contributed by atoms with E-state index in [1.165, 1.54) is 0 Å².